The van der Waals surface area contributed by atoms with Crippen LogP contribution in [0.5, 0.6) is 0 Å². The lowest BCUT2D eigenvalue weighted by atomic mass is 10.1. The zero-order valence-electron chi connectivity index (χ0n) is 9.58. The van der Waals surface area contributed by atoms with Crippen LogP contribution in [0.25, 0.3) is 10.8 Å². The molecule has 1 N–H and O–H groups in total. The Morgan fingerprint density at radius 3 is 2.18 bits per heavy atom. The molecule has 0 saturated heterocycles. The molecule has 0 aliphatic carbocycles. The average Bonchev–Trinajstić information content (AvgIpc) is 2.26. The molecule has 0 fully saturated rings. The highest BCUT2D eigenvalue weighted by Crippen LogP contribution is 2.29. The highest BCUT2D eigenvalue weighted by Gasteiger charge is 2.14. The van der Waals surface area contributed by atoms with Crippen molar-refractivity contribution in [1.82, 2.24) is 0 Å². The molecule has 5 heteroatoms. The Bertz CT molecular complexity index is 663. The number of hydrogen-bond acceptors (Lipinski definition) is 3. The van der Waals surface area contributed by atoms with E-state index in [0.29, 0.717) is 5.39 Å². The largest absolute Gasteiger partial charge is 0.377 e. The van der Waals surface area contributed by atoms with Crippen molar-refractivity contribution in [1.29, 1.82) is 0 Å². The molecule has 0 saturated carbocycles. The van der Waals surface area contributed by atoms with Crippen LogP contribution >= 0.6 is 0 Å². The summed E-state index contributed by atoms with van der Waals surface area (Å²) in [6.45, 7) is 0. The summed E-state index contributed by atoms with van der Waals surface area (Å²) >= 11 is 0. The fraction of sp³-hybridized carbons (Fsp3) is 0.167. The second-order valence-corrected chi connectivity index (χ2v) is 5.39. The van der Waals surface area contributed by atoms with Crippen LogP contribution in [0, 0.1) is 0 Å². The quantitative estimate of drug-likeness (QED) is 0.831. The molecule has 17 heavy (non-hydrogen) atoms. The molecular weight excluding hydrogens is 238 g/mol. The Morgan fingerprint density at radius 1 is 1.00 bits per heavy atom. The van der Waals surface area contributed by atoms with Gasteiger partial charge in [-0.15, -0.1) is 0 Å². The molecule has 2 rings (SSSR count). The molecule has 4 nitrogen and oxygen atoms in total. The summed E-state index contributed by atoms with van der Waals surface area (Å²) in [5, 5.41) is 1.33. The van der Waals surface area contributed by atoms with Gasteiger partial charge in [-0.25, -0.2) is 0 Å². The zero-order valence-corrected chi connectivity index (χ0v) is 10.4. The molecule has 0 radical (unpaired) electrons. The van der Waals surface area contributed by atoms with E-state index in [1.165, 1.54) is 6.07 Å². The van der Waals surface area contributed by atoms with E-state index < -0.39 is 10.1 Å². The maximum Gasteiger partial charge on any atom is 0.295 e. The topological polar surface area (TPSA) is 57.6 Å². The molecule has 0 aliphatic rings. The van der Waals surface area contributed by atoms with Gasteiger partial charge in [0.05, 0.1) is 0 Å². The van der Waals surface area contributed by atoms with E-state index >= 15 is 0 Å². The minimum Gasteiger partial charge on any atom is -0.377 e. The molecular formula is C12H13NO3S. The van der Waals surface area contributed by atoms with E-state index in [0.717, 1.165) is 11.1 Å². The first-order valence-corrected chi connectivity index (χ1v) is 6.52. The van der Waals surface area contributed by atoms with Gasteiger partial charge in [0.15, 0.2) is 0 Å². The first kappa shape index (κ1) is 11.9. The van der Waals surface area contributed by atoms with Gasteiger partial charge in [-0.1, -0.05) is 24.3 Å². The molecule has 0 atom stereocenters. The van der Waals surface area contributed by atoms with E-state index in [4.69, 9.17) is 0 Å². The van der Waals surface area contributed by atoms with Crippen LogP contribution in [0.4, 0.5) is 5.69 Å². The van der Waals surface area contributed by atoms with Crippen LogP contribution in [0.15, 0.2) is 41.3 Å². The number of benzene rings is 2. The summed E-state index contributed by atoms with van der Waals surface area (Å²) in [5.74, 6) is 0. The lowest BCUT2D eigenvalue weighted by Crippen LogP contribution is -2.09. The third-order valence-electron chi connectivity index (χ3n) is 2.62. The molecule has 0 aromatic heterocycles. The average molecular weight is 251 g/mol. The number of nitrogens with zero attached hydrogens (tertiary/aromatic N) is 1. The molecule has 0 bridgehead atoms. The van der Waals surface area contributed by atoms with E-state index in [-0.39, 0.29) is 4.90 Å². The summed E-state index contributed by atoms with van der Waals surface area (Å²) in [5.41, 5.74) is 0.910. The van der Waals surface area contributed by atoms with Crippen molar-refractivity contribution in [3.63, 3.8) is 0 Å². The summed E-state index contributed by atoms with van der Waals surface area (Å²) < 4.78 is 31.7. The minimum absolute atomic E-state index is 0.0568. The van der Waals surface area contributed by atoms with Gasteiger partial charge in [0.2, 0.25) is 0 Å². The Labute approximate surface area is 100 Å². The third kappa shape index (κ3) is 2.11. The van der Waals surface area contributed by atoms with Gasteiger partial charge in [-0.2, -0.15) is 8.42 Å². The van der Waals surface area contributed by atoms with Crippen molar-refractivity contribution in [2.45, 2.75) is 4.90 Å². The molecule has 0 heterocycles. The van der Waals surface area contributed by atoms with Gasteiger partial charge in [-0.3, -0.25) is 4.55 Å². The second kappa shape index (κ2) is 4.01. The highest BCUT2D eigenvalue weighted by atomic mass is 32.2. The number of hydrogen-bond donors (Lipinski definition) is 1. The molecule has 2 aromatic carbocycles. The predicted molar refractivity (Wildman–Crippen MR) is 68.1 cm³/mol. The molecule has 0 unspecified atom stereocenters. The molecule has 0 spiro atoms. The summed E-state index contributed by atoms with van der Waals surface area (Å²) in [6, 6.07) is 10.2. The van der Waals surface area contributed by atoms with E-state index in [1.807, 2.05) is 31.1 Å². The Hall–Kier alpha value is -1.59. The number of rotatable bonds is 2. The summed E-state index contributed by atoms with van der Waals surface area (Å²) in [4.78, 5) is 1.84. The lowest BCUT2D eigenvalue weighted by Gasteiger charge is -2.16. The molecule has 90 valence electrons. The molecule has 0 aliphatic heterocycles. The van der Waals surface area contributed by atoms with Gasteiger partial charge >= 0.3 is 0 Å². The van der Waals surface area contributed by atoms with Crippen LogP contribution < -0.4 is 4.90 Å². The van der Waals surface area contributed by atoms with Crippen LogP contribution in [0.3, 0.4) is 0 Å². The van der Waals surface area contributed by atoms with Crippen molar-refractivity contribution in [3.8, 4) is 0 Å². The standard InChI is InChI=1S/C12H13NO3S/c1-13(2)11-7-3-6-10-9(11)5-4-8-12(10)17(14,15)16/h3-8H,1-2H3,(H,14,15,16). The van der Waals surface area contributed by atoms with Crippen LogP contribution in [0.1, 0.15) is 0 Å². The fourth-order valence-electron chi connectivity index (χ4n) is 1.88. The van der Waals surface area contributed by atoms with Crippen LogP contribution in [-0.2, 0) is 10.1 Å². The number of anilines is 1. The maximum atomic E-state index is 11.3. The Kier molecular flexibility index (Phi) is 2.81. The van der Waals surface area contributed by atoms with Crippen molar-refractivity contribution < 1.29 is 13.0 Å². The summed E-state index contributed by atoms with van der Waals surface area (Å²) in [6.07, 6.45) is 0. The Balaban J connectivity index is 2.89. The second-order valence-electron chi connectivity index (χ2n) is 4.00. The van der Waals surface area contributed by atoms with Crippen LogP contribution in [0.2, 0.25) is 0 Å². The van der Waals surface area contributed by atoms with Crippen molar-refractivity contribution in [3.05, 3.63) is 36.4 Å². The highest BCUT2D eigenvalue weighted by molar-refractivity contribution is 7.86. The predicted octanol–water partition coefficient (Wildman–Crippen LogP) is 2.15. The van der Waals surface area contributed by atoms with Gasteiger partial charge in [0, 0.05) is 30.6 Å². The third-order valence-corrected chi connectivity index (χ3v) is 3.53. The minimum atomic E-state index is -4.19. The smallest absolute Gasteiger partial charge is 0.295 e. The maximum absolute atomic E-state index is 11.3. The number of fused-ring (bicyclic) bond motifs is 1. The van der Waals surface area contributed by atoms with E-state index in [9.17, 15) is 13.0 Å². The van der Waals surface area contributed by atoms with Crippen LogP contribution in [-0.4, -0.2) is 27.1 Å². The summed E-state index contributed by atoms with van der Waals surface area (Å²) in [7, 11) is -0.423. The monoisotopic (exact) mass is 251 g/mol. The molecule has 2 aromatic rings. The van der Waals surface area contributed by atoms with Gasteiger partial charge < -0.3 is 4.90 Å². The lowest BCUT2D eigenvalue weighted by molar-refractivity contribution is 0.484. The van der Waals surface area contributed by atoms with Crippen molar-refractivity contribution >= 4 is 26.6 Å². The van der Waals surface area contributed by atoms with Gasteiger partial charge in [-0.05, 0) is 12.1 Å². The van der Waals surface area contributed by atoms with E-state index in [2.05, 4.69) is 0 Å². The van der Waals surface area contributed by atoms with Gasteiger partial charge in [0.1, 0.15) is 4.90 Å². The van der Waals surface area contributed by atoms with Crippen molar-refractivity contribution in [2.24, 2.45) is 0 Å². The van der Waals surface area contributed by atoms with E-state index in [1.54, 1.807) is 18.2 Å². The Morgan fingerprint density at radius 2 is 1.59 bits per heavy atom. The zero-order chi connectivity index (χ0) is 12.6. The first-order chi connectivity index (χ1) is 7.91. The molecule has 0 amide bonds. The fourth-order valence-corrected chi connectivity index (χ4v) is 2.59. The van der Waals surface area contributed by atoms with Gasteiger partial charge in [0.25, 0.3) is 10.1 Å². The van der Waals surface area contributed by atoms with Crippen molar-refractivity contribution in [2.75, 3.05) is 19.0 Å². The normalized spacial score (nSPS) is 11.7. The first-order valence-electron chi connectivity index (χ1n) is 5.08. The SMILES string of the molecule is CN(C)c1cccc2c(S(=O)(=O)O)cccc12.